The lowest BCUT2D eigenvalue weighted by molar-refractivity contribution is 0.0977. The van der Waals surface area contributed by atoms with E-state index in [4.69, 9.17) is 17.0 Å². The Morgan fingerprint density at radius 3 is 2.31 bits per heavy atom. The van der Waals surface area contributed by atoms with Crippen molar-refractivity contribution < 1.29 is 17.9 Å². The molecule has 2 aromatic carbocycles. The van der Waals surface area contributed by atoms with Gasteiger partial charge in [-0.15, -0.1) is 13.2 Å². The van der Waals surface area contributed by atoms with Gasteiger partial charge in [0.05, 0.1) is 11.0 Å². The van der Waals surface area contributed by atoms with Crippen molar-refractivity contribution in [2.45, 2.75) is 24.8 Å². The summed E-state index contributed by atoms with van der Waals surface area (Å²) >= 11 is 5.21. The maximum absolute atomic E-state index is 12.8. The third-order valence-corrected chi connectivity index (χ3v) is 6.16. The van der Waals surface area contributed by atoms with Crippen molar-refractivity contribution in [3.8, 4) is 5.75 Å². The number of nitrogens with one attached hydrogen (secondary N) is 2. The van der Waals surface area contributed by atoms with Crippen LogP contribution in [-0.4, -0.2) is 42.9 Å². The van der Waals surface area contributed by atoms with Crippen LogP contribution in [0, 0.1) is 0 Å². The molecule has 0 aliphatic rings. The third kappa shape index (κ3) is 7.01. The topological polar surface area (TPSA) is 87.7 Å². The molecular formula is C23H27N3O4S2. The number of benzene rings is 2. The molecule has 2 N–H and O–H groups in total. The van der Waals surface area contributed by atoms with Gasteiger partial charge in [0, 0.05) is 24.3 Å². The minimum absolute atomic E-state index is 0.0107. The lowest BCUT2D eigenvalue weighted by Gasteiger charge is -2.19. The number of carbonyl (C=O) groups excluding carboxylic acids is 1. The second kappa shape index (κ2) is 11.6. The average molecular weight is 474 g/mol. The molecule has 0 atom stereocenters. The number of thiocarbonyl (C=S) groups is 1. The van der Waals surface area contributed by atoms with E-state index in [0.29, 0.717) is 17.0 Å². The van der Waals surface area contributed by atoms with E-state index in [2.05, 4.69) is 23.8 Å². The number of sulfonamides is 1. The van der Waals surface area contributed by atoms with E-state index in [1.165, 1.54) is 28.6 Å². The van der Waals surface area contributed by atoms with Crippen molar-refractivity contribution in [2.75, 3.05) is 18.4 Å². The number of hydrogen-bond acceptors (Lipinski definition) is 5. The molecule has 32 heavy (non-hydrogen) atoms. The first-order valence-electron chi connectivity index (χ1n) is 9.88. The number of ether oxygens (including phenoxy) is 1. The van der Waals surface area contributed by atoms with Crippen LogP contribution in [0.5, 0.6) is 5.75 Å². The first-order valence-corrected chi connectivity index (χ1v) is 11.7. The van der Waals surface area contributed by atoms with Gasteiger partial charge in [-0.1, -0.05) is 18.2 Å². The van der Waals surface area contributed by atoms with Gasteiger partial charge >= 0.3 is 0 Å². The molecule has 0 aromatic heterocycles. The molecule has 0 aliphatic carbocycles. The number of anilines is 1. The monoisotopic (exact) mass is 473 g/mol. The van der Waals surface area contributed by atoms with Crippen molar-refractivity contribution >= 4 is 38.9 Å². The fourth-order valence-corrected chi connectivity index (χ4v) is 4.33. The number of hydrogen-bond donors (Lipinski definition) is 2. The zero-order valence-corrected chi connectivity index (χ0v) is 19.7. The summed E-state index contributed by atoms with van der Waals surface area (Å²) in [6.07, 6.45) is 3.02. The van der Waals surface area contributed by atoms with E-state index in [0.717, 1.165) is 0 Å². The Hall–Kier alpha value is -3.01. The van der Waals surface area contributed by atoms with E-state index in [-0.39, 0.29) is 35.1 Å². The molecule has 2 aromatic rings. The summed E-state index contributed by atoms with van der Waals surface area (Å²) in [4.78, 5) is 12.6. The normalized spacial score (nSPS) is 11.1. The van der Waals surface area contributed by atoms with E-state index in [1.807, 2.05) is 13.8 Å². The maximum atomic E-state index is 12.8. The molecule has 0 saturated heterocycles. The number of nitrogens with zero attached hydrogens (tertiary/aromatic N) is 1. The van der Waals surface area contributed by atoms with E-state index in [9.17, 15) is 13.2 Å². The molecule has 170 valence electrons. The fourth-order valence-electron chi connectivity index (χ4n) is 2.74. The summed E-state index contributed by atoms with van der Waals surface area (Å²) < 4.78 is 32.4. The van der Waals surface area contributed by atoms with Crippen LogP contribution in [0.4, 0.5) is 5.69 Å². The Labute approximate surface area is 194 Å². The molecule has 1 amide bonds. The molecule has 2 rings (SSSR count). The van der Waals surface area contributed by atoms with Crippen molar-refractivity contribution in [3.63, 3.8) is 0 Å². The van der Waals surface area contributed by atoms with Crippen LogP contribution in [-0.2, 0) is 10.0 Å². The van der Waals surface area contributed by atoms with Crippen LogP contribution in [0.1, 0.15) is 24.2 Å². The Morgan fingerprint density at radius 2 is 1.75 bits per heavy atom. The van der Waals surface area contributed by atoms with E-state index >= 15 is 0 Å². The van der Waals surface area contributed by atoms with Crippen molar-refractivity contribution in [1.82, 2.24) is 9.62 Å². The number of carbonyl (C=O) groups is 1. The molecule has 0 aliphatic heterocycles. The zero-order valence-electron chi connectivity index (χ0n) is 18.1. The highest BCUT2D eigenvalue weighted by Crippen LogP contribution is 2.19. The molecule has 0 spiro atoms. The molecule has 0 heterocycles. The minimum Gasteiger partial charge on any atom is -0.491 e. The summed E-state index contributed by atoms with van der Waals surface area (Å²) in [5, 5.41) is 5.56. The molecule has 0 saturated carbocycles. The fraction of sp³-hybridized carbons (Fsp3) is 0.217. The van der Waals surface area contributed by atoms with Crippen LogP contribution in [0.3, 0.4) is 0 Å². The van der Waals surface area contributed by atoms with Gasteiger partial charge in [0.1, 0.15) is 5.75 Å². The van der Waals surface area contributed by atoms with Crippen LogP contribution >= 0.6 is 12.2 Å². The predicted octanol–water partition coefficient (Wildman–Crippen LogP) is 3.96. The minimum atomic E-state index is -3.69. The van der Waals surface area contributed by atoms with E-state index < -0.39 is 10.0 Å². The standard InChI is InChI=1S/C23H27N3O4S2/c1-5-14-26(15-6-2)32(28,29)21-12-10-19(11-13-21)24-23(31)25-22(27)18-8-7-9-20(16-18)30-17(3)4/h5-13,16-17H,1-2,14-15H2,3-4H3,(H2,24,25,27,31). The number of amides is 1. The van der Waals surface area contributed by atoms with Crippen LogP contribution < -0.4 is 15.4 Å². The molecule has 7 nitrogen and oxygen atoms in total. The quantitative estimate of drug-likeness (QED) is 0.401. The highest BCUT2D eigenvalue weighted by Gasteiger charge is 2.22. The summed E-state index contributed by atoms with van der Waals surface area (Å²) in [6.45, 7) is 11.3. The van der Waals surface area contributed by atoms with Gasteiger partial charge in [0.25, 0.3) is 5.91 Å². The van der Waals surface area contributed by atoms with Gasteiger partial charge in [-0.3, -0.25) is 10.1 Å². The van der Waals surface area contributed by atoms with E-state index in [1.54, 1.807) is 36.4 Å². The smallest absolute Gasteiger partial charge is 0.257 e. The van der Waals surface area contributed by atoms with Gasteiger partial charge in [-0.05, 0) is 68.5 Å². The SMILES string of the molecule is C=CCN(CC=C)S(=O)(=O)c1ccc(NC(=S)NC(=O)c2cccc(OC(C)C)c2)cc1. The van der Waals surface area contributed by atoms with Crippen molar-refractivity contribution in [1.29, 1.82) is 0 Å². The third-order valence-electron chi connectivity index (χ3n) is 4.11. The summed E-state index contributed by atoms with van der Waals surface area (Å²) in [6, 6.07) is 12.9. The Kier molecular flexibility index (Phi) is 9.13. The highest BCUT2D eigenvalue weighted by atomic mass is 32.2. The van der Waals surface area contributed by atoms with Crippen LogP contribution in [0.25, 0.3) is 0 Å². The lowest BCUT2D eigenvalue weighted by atomic mass is 10.2. The molecule has 0 radical (unpaired) electrons. The van der Waals surface area contributed by atoms with Gasteiger partial charge < -0.3 is 10.1 Å². The largest absolute Gasteiger partial charge is 0.491 e. The maximum Gasteiger partial charge on any atom is 0.257 e. The predicted molar refractivity (Wildman–Crippen MR) is 131 cm³/mol. The molecular weight excluding hydrogens is 446 g/mol. The Bertz CT molecular complexity index is 1070. The summed E-state index contributed by atoms with van der Waals surface area (Å²) in [7, 11) is -3.69. The van der Waals surface area contributed by atoms with Crippen LogP contribution in [0.2, 0.25) is 0 Å². The molecule has 9 heteroatoms. The van der Waals surface area contributed by atoms with Gasteiger partial charge in [-0.2, -0.15) is 4.31 Å². The highest BCUT2D eigenvalue weighted by molar-refractivity contribution is 7.89. The van der Waals surface area contributed by atoms with Crippen molar-refractivity contribution in [3.05, 3.63) is 79.4 Å². The Balaban J connectivity index is 2.04. The first-order chi connectivity index (χ1) is 15.2. The summed E-state index contributed by atoms with van der Waals surface area (Å²) in [5.74, 6) is 0.200. The molecule has 0 fully saturated rings. The van der Waals surface area contributed by atoms with Crippen molar-refractivity contribution in [2.24, 2.45) is 0 Å². The molecule has 0 bridgehead atoms. The second-order valence-corrected chi connectivity index (χ2v) is 9.37. The van der Waals surface area contributed by atoms with Crippen LogP contribution in [0.15, 0.2) is 78.7 Å². The average Bonchev–Trinajstić information content (AvgIpc) is 2.73. The molecule has 0 unspecified atom stereocenters. The lowest BCUT2D eigenvalue weighted by Crippen LogP contribution is -2.34. The Morgan fingerprint density at radius 1 is 1.12 bits per heavy atom. The van der Waals surface area contributed by atoms with Gasteiger partial charge in [0.2, 0.25) is 10.0 Å². The number of rotatable bonds is 10. The second-order valence-electron chi connectivity index (χ2n) is 7.03. The summed E-state index contributed by atoms with van der Waals surface area (Å²) in [5.41, 5.74) is 0.934. The first kappa shape index (κ1) is 25.3. The van der Waals surface area contributed by atoms with Gasteiger partial charge in [-0.25, -0.2) is 8.42 Å². The zero-order chi connectivity index (χ0) is 23.7. The van der Waals surface area contributed by atoms with Gasteiger partial charge in [0.15, 0.2) is 5.11 Å².